The van der Waals surface area contributed by atoms with Gasteiger partial charge in [0, 0.05) is 12.0 Å². The lowest BCUT2D eigenvalue weighted by atomic mass is 9.75. The summed E-state index contributed by atoms with van der Waals surface area (Å²) >= 11 is 0. The van der Waals surface area contributed by atoms with Crippen molar-refractivity contribution in [1.29, 1.82) is 0 Å². The molecule has 0 aromatic carbocycles. The molecule has 4 N–H and O–H groups in total. The van der Waals surface area contributed by atoms with Gasteiger partial charge >= 0.3 is 0 Å². The minimum Gasteiger partial charge on any atom is -0.396 e. The molecule has 3 rings (SSSR count). The van der Waals surface area contributed by atoms with E-state index in [-0.39, 0.29) is 5.54 Å². The summed E-state index contributed by atoms with van der Waals surface area (Å²) in [6.07, 6.45) is 7.41. The third-order valence-corrected chi connectivity index (χ3v) is 3.44. The summed E-state index contributed by atoms with van der Waals surface area (Å²) in [4.78, 5) is 4.21. The Hall–Kier alpha value is -2.06. The molecule has 2 aromatic rings. The Bertz CT molecular complexity index is 642. The number of nitrogens with two attached hydrogens (primary N) is 2. The highest BCUT2D eigenvalue weighted by Gasteiger charge is 2.31. The van der Waals surface area contributed by atoms with E-state index in [2.05, 4.69) is 21.9 Å². The second-order valence-electron chi connectivity index (χ2n) is 4.86. The van der Waals surface area contributed by atoms with Crippen LogP contribution in [0.4, 0.5) is 5.69 Å². The summed E-state index contributed by atoms with van der Waals surface area (Å²) in [5.41, 5.74) is 13.9. The van der Waals surface area contributed by atoms with Crippen molar-refractivity contribution in [2.45, 2.75) is 31.2 Å². The lowest BCUT2D eigenvalue weighted by Gasteiger charge is -2.36. The molecule has 18 heavy (non-hydrogen) atoms. The van der Waals surface area contributed by atoms with E-state index in [4.69, 9.17) is 11.5 Å². The van der Waals surface area contributed by atoms with Crippen LogP contribution < -0.4 is 11.5 Å². The number of anilines is 1. The molecule has 0 spiro atoms. The molecule has 92 valence electrons. The van der Waals surface area contributed by atoms with Gasteiger partial charge in [0.25, 0.3) is 0 Å². The molecule has 0 unspecified atom stereocenters. The van der Waals surface area contributed by atoms with E-state index in [1.807, 2.05) is 0 Å². The number of rotatable bonds is 1. The van der Waals surface area contributed by atoms with Gasteiger partial charge in [-0.05, 0) is 31.2 Å². The maximum Gasteiger partial charge on any atom is 0.178 e. The van der Waals surface area contributed by atoms with Crippen molar-refractivity contribution in [3.8, 4) is 11.8 Å². The molecular formula is C13H15N5. The summed E-state index contributed by atoms with van der Waals surface area (Å²) in [6.45, 7) is 0. The van der Waals surface area contributed by atoms with Crippen LogP contribution in [-0.2, 0) is 0 Å². The van der Waals surface area contributed by atoms with E-state index in [1.165, 1.54) is 6.42 Å². The van der Waals surface area contributed by atoms with Crippen molar-refractivity contribution >= 4 is 11.3 Å². The Balaban J connectivity index is 1.87. The monoisotopic (exact) mass is 241 g/mol. The fourth-order valence-corrected chi connectivity index (χ4v) is 2.12. The van der Waals surface area contributed by atoms with Crippen molar-refractivity contribution in [3.05, 3.63) is 24.2 Å². The van der Waals surface area contributed by atoms with Gasteiger partial charge in [-0.1, -0.05) is 5.92 Å². The van der Waals surface area contributed by atoms with Gasteiger partial charge in [0.15, 0.2) is 5.65 Å². The van der Waals surface area contributed by atoms with Crippen LogP contribution in [0, 0.1) is 11.8 Å². The van der Waals surface area contributed by atoms with Gasteiger partial charge in [0.2, 0.25) is 0 Å². The smallest absolute Gasteiger partial charge is 0.178 e. The summed E-state index contributed by atoms with van der Waals surface area (Å²) in [7, 11) is 0. The van der Waals surface area contributed by atoms with Gasteiger partial charge in [-0.3, -0.25) is 0 Å². The number of imidazole rings is 1. The Morgan fingerprint density at radius 3 is 3.00 bits per heavy atom. The average molecular weight is 241 g/mol. The second-order valence-corrected chi connectivity index (χ2v) is 4.86. The summed E-state index contributed by atoms with van der Waals surface area (Å²) in [5.74, 6) is 6.20. The summed E-state index contributed by atoms with van der Waals surface area (Å²) in [5, 5.41) is 4.19. The van der Waals surface area contributed by atoms with Gasteiger partial charge in [-0.25, -0.2) is 9.50 Å². The SMILES string of the molecule is Nc1ccnn2c(C#CCC3(N)CCC3)cnc12. The standard InChI is InChI=1S/C13H15N5/c14-11-4-8-17-18-10(9-16-12(11)18)3-1-5-13(15)6-2-7-13/h4,8-9H,2,5-7,14-15H2. The van der Waals surface area contributed by atoms with E-state index >= 15 is 0 Å². The molecule has 1 saturated carbocycles. The molecule has 0 radical (unpaired) electrons. The minimum atomic E-state index is -0.0695. The average Bonchev–Trinajstić information content (AvgIpc) is 2.72. The van der Waals surface area contributed by atoms with Gasteiger partial charge in [-0.15, -0.1) is 0 Å². The van der Waals surface area contributed by atoms with Crippen LogP contribution >= 0.6 is 0 Å². The fraction of sp³-hybridized carbons (Fsp3) is 0.385. The van der Waals surface area contributed by atoms with Crippen molar-refractivity contribution in [1.82, 2.24) is 14.6 Å². The molecular weight excluding hydrogens is 226 g/mol. The Labute approximate surface area is 105 Å². The Morgan fingerprint density at radius 2 is 2.28 bits per heavy atom. The zero-order valence-corrected chi connectivity index (χ0v) is 10.1. The lowest BCUT2D eigenvalue weighted by Crippen LogP contribution is -2.45. The maximum atomic E-state index is 6.12. The number of hydrogen-bond acceptors (Lipinski definition) is 4. The summed E-state index contributed by atoms with van der Waals surface area (Å²) in [6, 6.07) is 1.72. The topological polar surface area (TPSA) is 82.2 Å². The first-order chi connectivity index (χ1) is 8.68. The number of hydrogen-bond donors (Lipinski definition) is 2. The molecule has 0 bridgehead atoms. The van der Waals surface area contributed by atoms with Crippen LogP contribution in [-0.4, -0.2) is 20.1 Å². The van der Waals surface area contributed by atoms with Crippen LogP contribution in [0.5, 0.6) is 0 Å². The van der Waals surface area contributed by atoms with E-state index in [1.54, 1.807) is 23.0 Å². The number of fused-ring (bicyclic) bond motifs is 1. The molecule has 2 heterocycles. The Kier molecular flexibility index (Phi) is 2.46. The predicted octanol–water partition coefficient (Wildman–Crippen LogP) is 0.934. The van der Waals surface area contributed by atoms with Crippen LogP contribution in [0.3, 0.4) is 0 Å². The largest absolute Gasteiger partial charge is 0.396 e. The Morgan fingerprint density at radius 1 is 1.44 bits per heavy atom. The van der Waals surface area contributed by atoms with Gasteiger partial charge in [-0.2, -0.15) is 5.10 Å². The van der Waals surface area contributed by atoms with E-state index in [9.17, 15) is 0 Å². The first kappa shape index (κ1) is 11.1. The highest BCUT2D eigenvalue weighted by atomic mass is 15.3. The molecule has 0 amide bonds. The first-order valence-corrected chi connectivity index (χ1v) is 6.04. The second kappa shape index (κ2) is 4.00. The molecule has 1 aliphatic carbocycles. The highest BCUT2D eigenvalue weighted by Crippen LogP contribution is 2.31. The molecule has 0 saturated heterocycles. The molecule has 1 aliphatic rings. The summed E-state index contributed by atoms with van der Waals surface area (Å²) < 4.78 is 1.66. The van der Waals surface area contributed by atoms with E-state index < -0.39 is 0 Å². The lowest BCUT2D eigenvalue weighted by molar-refractivity contribution is 0.255. The van der Waals surface area contributed by atoms with Crippen molar-refractivity contribution < 1.29 is 0 Å². The van der Waals surface area contributed by atoms with E-state index in [0.717, 1.165) is 25.0 Å². The van der Waals surface area contributed by atoms with Gasteiger partial charge in [0.05, 0.1) is 18.1 Å². The molecule has 0 aliphatic heterocycles. The number of aromatic nitrogens is 3. The third kappa shape index (κ3) is 1.81. The van der Waals surface area contributed by atoms with Crippen molar-refractivity contribution in [2.75, 3.05) is 5.73 Å². The third-order valence-electron chi connectivity index (χ3n) is 3.44. The van der Waals surface area contributed by atoms with Crippen LogP contribution in [0.2, 0.25) is 0 Å². The molecule has 5 heteroatoms. The normalized spacial score (nSPS) is 16.9. The first-order valence-electron chi connectivity index (χ1n) is 6.04. The quantitative estimate of drug-likeness (QED) is 0.728. The predicted molar refractivity (Wildman–Crippen MR) is 69.7 cm³/mol. The van der Waals surface area contributed by atoms with Crippen LogP contribution in [0.15, 0.2) is 18.5 Å². The van der Waals surface area contributed by atoms with E-state index in [0.29, 0.717) is 11.3 Å². The maximum absolute atomic E-state index is 6.12. The van der Waals surface area contributed by atoms with Gasteiger partial charge < -0.3 is 11.5 Å². The van der Waals surface area contributed by atoms with Crippen molar-refractivity contribution in [2.24, 2.45) is 5.73 Å². The molecule has 1 fully saturated rings. The number of nitrogen functional groups attached to an aromatic ring is 1. The number of nitrogens with zero attached hydrogens (tertiary/aromatic N) is 3. The molecule has 5 nitrogen and oxygen atoms in total. The van der Waals surface area contributed by atoms with Crippen LogP contribution in [0.1, 0.15) is 31.4 Å². The zero-order valence-electron chi connectivity index (χ0n) is 10.1. The van der Waals surface area contributed by atoms with Gasteiger partial charge in [0.1, 0.15) is 5.69 Å². The molecule has 2 aromatic heterocycles. The minimum absolute atomic E-state index is 0.0695. The zero-order chi connectivity index (χ0) is 12.6. The van der Waals surface area contributed by atoms with Crippen molar-refractivity contribution in [3.63, 3.8) is 0 Å². The van der Waals surface area contributed by atoms with Crippen LogP contribution in [0.25, 0.3) is 5.65 Å². The molecule has 0 atom stereocenters. The highest BCUT2D eigenvalue weighted by molar-refractivity contribution is 5.64. The fourth-order valence-electron chi connectivity index (χ4n) is 2.12.